The van der Waals surface area contributed by atoms with Crippen molar-refractivity contribution in [2.24, 2.45) is 5.73 Å². The highest BCUT2D eigenvalue weighted by Crippen LogP contribution is 2.23. The minimum Gasteiger partial charge on any atom is -0.452 e. The van der Waals surface area contributed by atoms with Crippen LogP contribution in [0.15, 0.2) is 46.0 Å². The smallest absolute Gasteiger partial charge is 0.340 e. The number of urea groups is 1. The van der Waals surface area contributed by atoms with Gasteiger partial charge in [-0.15, -0.1) is 11.3 Å². The quantitative estimate of drug-likeness (QED) is 0.632. The van der Waals surface area contributed by atoms with E-state index in [1.54, 1.807) is 16.8 Å². The Bertz CT molecular complexity index is 893. The molecule has 3 amide bonds. The van der Waals surface area contributed by atoms with Crippen molar-refractivity contribution in [1.29, 1.82) is 0 Å². The molecule has 0 atom stereocenters. The molecule has 2 rings (SSSR count). The molecule has 11 heteroatoms. The Hall–Kier alpha value is -2.92. The third kappa shape index (κ3) is 5.02. The molecule has 0 bridgehead atoms. The Balaban J connectivity index is 2.14. The number of sulfonamides is 1. The van der Waals surface area contributed by atoms with E-state index in [1.165, 1.54) is 30.3 Å². The molecule has 1 aromatic carbocycles. The predicted octanol–water partition coefficient (Wildman–Crippen LogP) is 0.901. The summed E-state index contributed by atoms with van der Waals surface area (Å²) in [7, 11) is -3.85. The molecule has 0 aliphatic heterocycles. The third-order valence-corrected chi connectivity index (χ3v) is 5.51. The summed E-state index contributed by atoms with van der Waals surface area (Å²) in [6.07, 6.45) is 0. The van der Waals surface area contributed by atoms with Gasteiger partial charge in [-0.1, -0.05) is 18.2 Å². The van der Waals surface area contributed by atoms with Crippen LogP contribution in [0, 0.1) is 0 Å². The van der Waals surface area contributed by atoms with Crippen LogP contribution in [-0.4, -0.2) is 32.9 Å². The van der Waals surface area contributed by atoms with Crippen LogP contribution in [0.4, 0.5) is 10.5 Å². The highest BCUT2D eigenvalue weighted by Gasteiger charge is 2.20. The van der Waals surface area contributed by atoms with Gasteiger partial charge in [-0.3, -0.25) is 14.8 Å². The monoisotopic (exact) mass is 383 g/mol. The zero-order valence-corrected chi connectivity index (χ0v) is 14.2. The number of nitrogens with one attached hydrogen (secondary N) is 2. The summed E-state index contributed by atoms with van der Waals surface area (Å²) in [4.78, 5) is 33.9. The van der Waals surface area contributed by atoms with Crippen LogP contribution in [0.2, 0.25) is 0 Å². The van der Waals surface area contributed by atoms with Gasteiger partial charge in [0.25, 0.3) is 15.9 Å². The number of hydrogen-bond donors (Lipinski definition) is 3. The lowest BCUT2D eigenvalue weighted by Crippen LogP contribution is -2.37. The van der Waals surface area contributed by atoms with Crippen molar-refractivity contribution in [3.63, 3.8) is 0 Å². The molecule has 4 N–H and O–H groups in total. The maximum atomic E-state index is 12.3. The lowest BCUT2D eigenvalue weighted by molar-refractivity contribution is -0.123. The Kier molecular flexibility index (Phi) is 5.72. The molecule has 0 aliphatic carbocycles. The van der Waals surface area contributed by atoms with Crippen LogP contribution < -0.4 is 15.8 Å². The lowest BCUT2D eigenvalue weighted by Gasteiger charge is -2.11. The second-order valence-electron chi connectivity index (χ2n) is 4.57. The van der Waals surface area contributed by atoms with E-state index in [1.807, 2.05) is 0 Å². The second-order valence-corrected chi connectivity index (χ2v) is 7.43. The van der Waals surface area contributed by atoms with Crippen molar-refractivity contribution in [2.75, 3.05) is 11.3 Å². The van der Waals surface area contributed by atoms with Gasteiger partial charge < -0.3 is 10.5 Å². The van der Waals surface area contributed by atoms with Gasteiger partial charge in [0.05, 0.1) is 11.3 Å². The SMILES string of the molecule is NC(=O)NC(=O)COC(=O)c1ccccc1NS(=O)(=O)c1cccs1. The molecule has 0 saturated carbocycles. The first-order valence-electron chi connectivity index (χ1n) is 6.71. The number of carbonyl (C=O) groups excluding carboxylic acids is 3. The average molecular weight is 383 g/mol. The number of primary amides is 1. The molecule has 0 fully saturated rings. The number of amides is 3. The first-order valence-corrected chi connectivity index (χ1v) is 9.07. The zero-order chi connectivity index (χ0) is 18.4. The van der Waals surface area contributed by atoms with E-state index in [-0.39, 0.29) is 15.5 Å². The molecular weight excluding hydrogens is 370 g/mol. The number of thiophene rings is 1. The summed E-state index contributed by atoms with van der Waals surface area (Å²) in [5.41, 5.74) is 4.67. The normalized spacial score (nSPS) is 10.7. The predicted molar refractivity (Wildman–Crippen MR) is 89.6 cm³/mol. The number of benzene rings is 1. The minimum absolute atomic E-state index is 0.00351. The van der Waals surface area contributed by atoms with Crippen LogP contribution in [0.1, 0.15) is 10.4 Å². The molecule has 25 heavy (non-hydrogen) atoms. The van der Waals surface area contributed by atoms with Crippen molar-refractivity contribution < 1.29 is 27.5 Å². The molecule has 132 valence electrons. The molecule has 9 nitrogen and oxygen atoms in total. The van der Waals surface area contributed by atoms with Gasteiger partial charge in [0, 0.05) is 0 Å². The number of para-hydroxylation sites is 1. The number of carbonyl (C=O) groups is 3. The first-order chi connectivity index (χ1) is 11.8. The first kappa shape index (κ1) is 18.4. The van der Waals surface area contributed by atoms with Crippen LogP contribution >= 0.6 is 11.3 Å². The van der Waals surface area contributed by atoms with Gasteiger partial charge in [0.1, 0.15) is 4.21 Å². The number of nitrogens with two attached hydrogens (primary N) is 1. The fourth-order valence-electron chi connectivity index (χ4n) is 1.74. The van der Waals surface area contributed by atoms with Crippen molar-refractivity contribution in [3.05, 3.63) is 47.3 Å². The fraction of sp³-hybridized carbons (Fsp3) is 0.0714. The van der Waals surface area contributed by atoms with Gasteiger partial charge in [-0.2, -0.15) is 0 Å². The highest BCUT2D eigenvalue weighted by molar-refractivity contribution is 7.94. The van der Waals surface area contributed by atoms with Gasteiger partial charge >= 0.3 is 12.0 Å². The molecule has 1 aromatic heterocycles. The molecule has 1 heterocycles. The van der Waals surface area contributed by atoms with Crippen LogP contribution in [0.3, 0.4) is 0 Å². The molecule has 0 spiro atoms. The van der Waals surface area contributed by atoms with Crippen LogP contribution in [-0.2, 0) is 19.6 Å². The van der Waals surface area contributed by atoms with E-state index < -0.39 is 34.5 Å². The van der Waals surface area contributed by atoms with E-state index in [9.17, 15) is 22.8 Å². The zero-order valence-electron chi connectivity index (χ0n) is 12.6. The van der Waals surface area contributed by atoms with E-state index in [4.69, 9.17) is 10.5 Å². The third-order valence-electron chi connectivity index (χ3n) is 2.75. The van der Waals surface area contributed by atoms with E-state index in [2.05, 4.69) is 4.72 Å². The number of imide groups is 1. The van der Waals surface area contributed by atoms with E-state index >= 15 is 0 Å². The van der Waals surface area contributed by atoms with Crippen molar-refractivity contribution in [1.82, 2.24) is 5.32 Å². The average Bonchev–Trinajstić information content (AvgIpc) is 3.07. The Morgan fingerprint density at radius 3 is 2.48 bits per heavy atom. The summed E-state index contributed by atoms with van der Waals surface area (Å²) in [5.74, 6) is -1.85. The maximum Gasteiger partial charge on any atom is 0.340 e. The fourth-order valence-corrected chi connectivity index (χ4v) is 3.82. The summed E-state index contributed by atoms with van der Waals surface area (Å²) in [6, 6.07) is 7.67. The Morgan fingerprint density at radius 1 is 1.12 bits per heavy atom. The van der Waals surface area contributed by atoms with Gasteiger partial charge in [-0.05, 0) is 23.6 Å². The van der Waals surface area contributed by atoms with Gasteiger partial charge in [0.15, 0.2) is 6.61 Å². The van der Waals surface area contributed by atoms with E-state index in [0.29, 0.717) is 0 Å². The number of anilines is 1. The van der Waals surface area contributed by atoms with Gasteiger partial charge in [-0.25, -0.2) is 18.0 Å². The molecular formula is C14H13N3O6S2. The largest absolute Gasteiger partial charge is 0.452 e. The van der Waals surface area contributed by atoms with Crippen molar-refractivity contribution in [2.45, 2.75) is 4.21 Å². The number of esters is 1. The molecule has 2 aromatic rings. The van der Waals surface area contributed by atoms with E-state index in [0.717, 1.165) is 11.3 Å². The molecule has 0 unspecified atom stereocenters. The second kappa shape index (κ2) is 7.77. The Labute approximate surface area is 146 Å². The van der Waals surface area contributed by atoms with Crippen LogP contribution in [0.25, 0.3) is 0 Å². The molecule has 0 saturated heterocycles. The summed E-state index contributed by atoms with van der Waals surface area (Å²) >= 11 is 1.02. The molecule has 0 aliphatic rings. The Morgan fingerprint density at radius 2 is 1.84 bits per heavy atom. The summed E-state index contributed by atoms with van der Waals surface area (Å²) in [5, 5.41) is 3.34. The summed E-state index contributed by atoms with van der Waals surface area (Å²) < 4.78 is 31.6. The topological polar surface area (TPSA) is 145 Å². The number of hydrogen-bond acceptors (Lipinski definition) is 7. The lowest BCUT2D eigenvalue weighted by atomic mass is 10.2. The molecule has 0 radical (unpaired) electrons. The number of ether oxygens (including phenoxy) is 1. The maximum absolute atomic E-state index is 12.3. The summed E-state index contributed by atoms with van der Waals surface area (Å²) in [6.45, 7) is -0.742. The van der Waals surface area contributed by atoms with Crippen molar-refractivity contribution in [3.8, 4) is 0 Å². The standard InChI is InChI=1S/C14H13N3O6S2/c15-14(20)16-11(18)8-23-13(19)9-4-1-2-5-10(9)17-25(21,22)12-6-3-7-24-12/h1-7,17H,8H2,(H3,15,16,18,20). The minimum atomic E-state index is -3.85. The van der Waals surface area contributed by atoms with Gasteiger partial charge in [0.2, 0.25) is 0 Å². The van der Waals surface area contributed by atoms with Crippen LogP contribution in [0.5, 0.6) is 0 Å². The number of rotatable bonds is 6. The highest BCUT2D eigenvalue weighted by atomic mass is 32.2. The van der Waals surface area contributed by atoms with Crippen molar-refractivity contribution >= 4 is 45.0 Å².